The van der Waals surface area contributed by atoms with Gasteiger partial charge in [0.1, 0.15) is 18.3 Å². The molecule has 1 fully saturated rings. The summed E-state index contributed by atoms with van der Waals surface area (Å²) in [6.07, 6.45) is -6.30. The summed E-state index contributed by atoms with van der Waals surface area (Å²) < 4.78 is 51.5. The van der Waals surface area contributed by atoms with E-state index < -0.39 is 71.6 Å². The first-order valence-electron chi connectivity index (χ1n) is 10.9. The maximum absolute atomic E-state index is 12.5. The number of H-pyrrole nitrogens is 1. The number of ether oxygens (including phenoxy) is 1. The number of benzene rings is 1. The Kier molecular flexibility index (Phi) is 10.9. The van der Waals surface area contributed by atoms with Crippen LogP contribution in [0.15, 0.2) is 50.1 Å². The molecule has 6 atom stereocenters. The number of ketones is 1. The van der Waals surface area contributed by atoms with E-state index >= 15 is 0 Å². The lowest BCUT2D eigenvalue weighted by Crippen LogP contribution is -2.38. The minimum absolute atomic E-state index is 0.185. The van der Waals surface area contributed by atoms with E-state index in [-0.39, 0.29) is 21.9 Å². The summed E-state index contributed by atoms with van der Waals surface area (Å²) in [5.74, 6) is -0.731. The van der Waals surface area contributed by atoms with Crippen molar-refractivity contribution >= 4 is 46.7 Å². The van der Waals surface area contributed by atoms with E-state index in [1.54, 1.807) is 0 Å². The highest BCUT2D eigenvalue weighted by Gasteiger charge is 2.47. The van der Waals surface area contributed by atoms with Crippen molar-refractivity contribution < 1.29 is 66.2 Å². The number of azide groups is 1. The molecule has 0 saturated carbocycles. The fourth-order valence-electron chi connectivity index (χ4n) is 3.32. The number of aromatic nitrogens is 2. The van der Waals surface area contributed by atoms with E-state index in [9.17, 15) is 48.1 Å². The maximum atomic E-state index is 12.5. The molecule has 42 heavy (non-hydrogen) atoms. The normalized spacial score (nSPS) is 23.5. The minimum atomic E-state index is -5.82. The van der Waals surface area contributed by atoms with E-state index in [0.717, 1.165) is 6.20 Å². The molecule has 3 rings (SSSR count). The highest BCUT2D eigenvalue weighted by atomic mass is 32.2. The molecule has 2 aromatic rings. The summed E-state index contributed by atoms with van der Waals surface area (Å²) in [5, 5.41) is 24.1. The van der Waals surface area contributed by atoms with E-state index in [2.05, 4.69) is 23.2 Å². The second kappa shape index (κ2) is 13.4. The number of carbonyl (C=O) groups is 1. The lowest BCUT2D eigenvalue weighted by molar-refractivity contribution is -0.0545. The number of phosphoric acid groups is 3. The van der Waals surface area contributed by atoms with Gasteiger partial charge in [0.05, 0.1) is 17.3 Å². The van der Waals surface area contributed by atoms with Crippen molar-refractivity contribution in [3.63, 3.8) is 0 Å². The summed E-state index contributed by atoms with van der Waals surface area (Å²) in [5.41, 5.74) is 6.92. The Morgan fingerprint density at radius 2 is 1.71 bits per heavy atom. The van der Waals surface area contributed by atoms with Gasteiger partial charge in [-0.3, -0.25) is 23.7 Å². The third-order valence-corrected chi connectivity index (χ3v) is 9.88. The summed E-state index contributed by atoms with van der Waals surface area (Å²) in [7, 11) is -17.0. The minimum Gasteiger partial charge on any atom is -0.387 e. The molecule has 1 aliphatic heterocycles. The van der Waals surface area contributed by atoms with Gasteiger partial charge in [-0.1, -0.05) is 29.4 Å². The van der Waals surface area contributed by atoms with Crippen LogP contribution in [-0.4, -0.2) is 75.8 Å². The Morgan fingerprint density at radius 1 is 1.07 bits per heavy atom. The Balaban J connectivity index is 1.70. The number of aliphatic hydroxyl groups is 2. The molecule has 1 aromatic carbocycles. The second-order valence-corrected chi connectivity index (χ2v) is 13.5. The number of aliphatic hydroxyl groups excluding tert-OH is 2. The Morgan fingerprint density at radius 3 is 2.31 bits per heavy atom. The number of Topliss-reactive ketones (excluding diaryl/α,β-unsaturated/α-hetero) is 1. The fourth-order valence-corrected chi connectivity index (χ4v) is 7.17. The molecule has 21 nitrogen and oxygen atoms in total. The van der Waals surface area contributed by atoms with Crippen molar-refractivity contribution in [2.45, 2.75) is 29.4 Å². The van der Waals surface area contributed by atoms with Crippen LogP contribution in [0.5, 0.6) is 0 Å². The van der Waals surface area contributed by atoms with Gasteiger partial charge in [-0.05, 0) is 5.53 Å². The molecule has 0 spiro atoms. The Bertz CT molecular complexity index is 1640. The van der Waals surface area contributed by atoms with Gasteiger partial charge in [0, 0.05) is 22.4 Å². The SMILES string of the molecule is [N-]=[N+]=Nc1ccc(C(=O)CSc2cn(C3OC(COP(=O)(O)OP(=O)(O)OP(=O)(O)O)C(O)C3O)c(=O)[nH]c2=O)cc1. The third-order valence-electron chi connectivity index (χ3n) is 5.07. The average molecular weight is 675 g/mol. The number of hydrogen-bond acceptors (Lipinski definition) is 14. The van der Waals surface area contributed by atoms with E-state index in [1.165, 1.54) is 24.3 Å². The van der Waals surface area contributed by atoms with Crippen LogP contribution < -0.4 is 11.2 Å². The van der Waals surface area contributed by atoms with Gasteiger partial charge in [0.2, 0.25) is 0 Å². The van der Waals surface area contributed by atoms with Gasteiger partial charge < -0.3 is 34.5 Å². The number of nitrogens with zero attached hydrogens (tertiary/aromatic N) is 4. The average Bonchev–Trinajstić information content (AvgIpc) is 3.14. The van der Waals surface area contributed by atoms with Gasteiger partial charge in [0.25, 0.3) is 5.56 Å². The van der Waals surface area contributed by atoms with Crippen LogP contribution >= 0.6 is 35.2 Å². The molecule has 6 unspecified atom stereocenters. The number of phosphoric ester groups is 1. The quantitative estimate of drug-likeness (QED) is 0.0377. The van der Waals surface area contributed by atoms with Crippen LogP contribution in [0, 0.1) is 0 Å². The van der Waals surface area contributed by atoms with Crippen LogP contribution in [0.3, 0.4) is 0 Å². The zero-order valence-corrected chi connectivity index (χ0v) is 23.9. The number of aromatic amines is 1. The van der Waals surface area contributed by atoms with Crippen LogP contribution in [0.2, 0.25) is 0 Å². The molecule has 230 valence electrons. The first-order valence-corrected chi connectivity index (χ1v) is 16.4. The Labute approximate surface area is 236 Å². The van der Waals surface area contributed by atoms with Crippen molar-refractivity contribution in [1.82, 2.24) is 9.55 Å². The molecule has 0 radical (unpaired) electrons. The number of nitrogens with one attached hydrogen (secondary N) is 1. The maximum Gasteiger partial charge on any atom is 0.490 e. The van der Waals surface area contributed by atoms with Crippen molar-refractivity contribution in [1.29, 1.82) is 0 Å². The van der Waals surface area contributed by atoms with Crippen molar-refractivity contribution in [3.05, 3.63) is 67.3 Å². The lowest BCUT2D eigenvalue weighted by Gasteiger charge is -2.19. The highest BCUT2D eigenvalue weighted by molar-refractivity contribution is 8.00. The third kappa shape index (κ3) is 9.26. The van der Waals surface area contributed by atoms with Crippen molar-refractivity contribution in [3.8, 4) is 0 Å². The van der Waals surface area contributed by atoms with Crippen LogP contribution in [0.25, 0.3) is 10.4 Å². The monoisotopic (exact) mass is 675 g/mol. The zero-order valence-electron chi connectivity index (χ0n) is 20.4. The van der Waals surface area contributed by atoms with Gasteiger partial charge in [-0.25, -0.2) is 18.5 Å². The summed E-state index contributed by atoms with van der Waals surface area (Å²) in [4.78, 5) is 77.5. The van der Waals surface area contributed by atoms with Gasteiger partial charge in [-0.2, -0.15) is 8.62 Å². The topological polar surface area (TPSA) is 330 Å². The first-order chi connectivity index (χ1) is 19.4. The zero-order chi connectivity index (χ0) is 31.5. The molecule has 7 N–H and O–H groups in total. The summed E-state index contributed by atoms with van der Waals surface area (Å²) in [6.45, 7) is -1.13. The molecule has 0 bridgehead atoms. The summed E-state index contributed by atoms with van der Waals surface area (Å²) >= 11 is 0.708. The van der Waals surface area contributed by atoms with E-state index in [4.69, 9.17) is 20.1 Å². The van der Waals surface area contributed by atoms with Crippen LogP contribution in [0.4, 0.5) is 5.69 Å². The smallest absolute Gasteiger partial charge is 0.387 e. The molecule has 1 aromatic heterocycles. The van der Waals surface area contributed by atoms with Gasteiger partial charge in [-0.15, -0.1) is 11.8 Å². The second-order valence-electron chi connectivity index (χ2n) is 8.04. The fraction of sp³-hybridized carbons (Fsp3) is 0.353. The Hall–Kier alpha value is -2.48. The number of carbonyl (C=O) groups excluding carboxylic acids is 1. The first kappa shape index (κ1) is 34.0. The van der Waals surface area contributed by atoms with Crippen molar-refractivity contribution in [2.24, 2.45) is 5.11 Å². The van der Waals surface area contributed by atoms with Gasteiger partial charge >= 0.3 is 29.2 Å². The predicted octanol–water partition coefficient (Wildman–Crippen LogP) is 0.416. The molecular weight excluding hydrogens is 655 g/mol. The van der Waals surface area contributed by atoms with E-state index in [1.807, 2.05) is 4.98 Å². The molecule has 1 aliphatic rings. The molecule has 2 heterocycles. The largest absolute Gasteiger partial charge is 0.490 e. The number of hydrogen-bond donors (Lipinski definition) is 7. The lowest BCUT2D eigenvalue weighted by atomic mass is 10.1. The molecule has 0 amide bonds. The van der Waals surface area contributed by atoms with Gasteiger partial charge in [0.15, 0.2) is 12.0 Å². The highest BCUT2D eigenvalue weighted by Crippen LogP contribution is 2.66. The number of rotatable bonds is 13. The van der Waals surface area contributed by atoms with Crippen molar-refractivity contribution in [2.75, 3.05) is 12.4 Å². The predicted molar refractivity (Wildman–Crippen MR) is 137 cm³/mol. The standard InChI is InChI=1S/C17H20N5O16P3S/c18-21-20-9-3-1-8(2-4-9)10(23)7-42-12-5-22(17(27)19-15(12)26)16-14(25)13(24)11(36-16)6-35-40(31,32)38-41(33,34)37-39(28,29)30/h1-5,11,13-14,16,24-25H,6-7H2,(H,31,32)(H,33,34)(H,19,26,27)(H2,28,29,30). The molecular formula is C17H20N5O16P3S. The molecule has 25 heteroatoms. The van der Waals surface area contributed by atoms with E-state index in [0.29, 0.717) is 16.3 Å². The molecule has 1 saturated heterocycles. The molecule has 0 aliphatic carbocycles. The van der Waals surface area contributed by atoms with Crippen LogP contribution in [0.1, 0.15) is 16.6 Å². The van der Waals surface area contributed by atoms with Crippen LogP contribution in [-0.2, 0) is 31.6 Å². The number of thioether (sulfide) groups is 1. The summed E-state index contributed by atoms with van der Waals surface area (Å²) in [6, 6.07) is 5.58.